The van der Waals surface area contributed by atoms with E-state index in [1.165, 1.54) is 6.20 Å². The quantitative estimate of drug-likeness (QED) is 0.534. The van der Waals surface area contributed by atoms with Crippen LogP contribution in [0.3, 0.4) is 0 Å². The molecule has 1 saturated heterocycles. The monoisotopic (exact) mass is 468 g/mol. The van der Waals surface area contributed by atoms with Crippen LogP contribution in [0.15, 0.2) is 48.7 Å². The Labute approximate surface area is 197 Å². The second kappa shape index (κ2) is 9.13. The van der Waals surface area contributed by atoms with Crippen LogP contribution < -0.4 is 5.32 Å². The fourth-order valence-corrected chi connectivity index (χ4v) is 4.62. The molecule has 1 atom stereocenters. The number of carbonyl (C=O) groups is 1. The molecule has 9 heteroatoms. The molecule has 2 aliphatic rings. The molecule has 5 rings (SSSR count). The van der Waals surface area contributed by atoms with Crippen molar-refractivity contribution in [3.05, 3.63) is 64.3 Å². The van der Waals surface area contributed by atoms with Gasteiger partial charge in [-0.15, -0.1) is 0 Å². The predicted molar refractivity (Wildman–Crippen MR) is 127 cm³/mol. The van der Waals surface area contributed by atoms with Crippen molar-refractivity contribution in [1.29, 1.82) is 0 Å². The average Bonchev–Trinajstić information content (AvgIpc) is 3.61. The molecule has 0 spiro atoms. The number of aromatic nitrogens is 4. The molecule has 2 fully saturated rings. The third-order valence-electron chi connectivity index (χ3n) is 6.01. The molecule has 3 heterocycles. The maximum absolute atomic E-state index is 12.8. The van der Waals surface area contributed by atoms with E-state index in [2.05, 4.69) is 31.9 Å². The van der Waals surface area contributed by atoms with Crippen LogP contribution in [0.5, 0.6) is 0 Å². The summed E-state index contributed by atoms with van der Waals surface area (Å²) in [5.74, 6) is 1.93. The van der Waals surface area contributed by atoms with Crippen LogP contribution >= 0.6 is 23.8 Å². The Balaban J connectivity index is 1.30. The van der Waals surface area contributed by atoms with Crippen molar-refractivity contribution in [2.24, 2.45) is 5.92 Å². The first-order valence-corrected chi connectivity index (χ1v) is 11.8. The van der Waals surface area contributed by atoms with Gasteiger partial charge in [0.15, 0.2) is 0 Å². The number of hydrogen-bond acceptors (Lipinski definition) is 5. The summed E-state index contributed by atoms with van der Waals surface area (Å²) in [5, 5.41) is 8.35. The van der Waals surface area contributed by atoms with E-state index in [0.717, 1.165) is 43.7 Å². The van der Waals surface area contributed by atoms with Crippen molar-refractivity contribution >= 4 is 35.5 Å². The number of hydrogen-bond donors (Lipinski definition) is 1. The van der Waals surface area contributed by atoms with Crippen LogP contribution in [0.25, 0.3) is 5.69 Å². The highest BCUT2D eigenvalue weighted by Gasteiger charge is 2.32. The van der Waals surface area contributed by atoms with Gasteiger partial charge in [-0.25, -0.2) is 9.67 Å². The summed E-state index contributed by atoms with van der Waals surface area (Å²) in [6.45, 7) is 2.17. The summed E-state index contributed by atoms with van der Waals surface area (Å²) >= 11 is 11.7. The molecule has 1 aliphatic heterocycles. The van der Waals surface area contributed by atoms with Crippen LogP contribution in [-0.4, -0.2) is 43.2 Å². The van der Waals surface area contributed by atoms with E-state index >= 15 is 0 Å². The van der Waals surface area contributed by atoms with Gasteiger partial charge in [0, 0.05) is 24.3 Å². The summed E-state index contributed by atoms with van der Waals surface area (Å²) < 4.78 is 4.72. The molecule has 1 amide bonds. The zero-order chi connectivity index (χ0) is 22.1. The zero-order valence-electron chi connectivity index (χ0n) is 17.7. The van der Waals surface area contributed by atoms with Gasteiger partial charge in [-0.2, -0.15) is 5.10 Å². The zero-order valence-corrected chi connectivity index (χ0v) is 19.2. The number of rotatable bonds is 6. The Kier molecular flexibility index (Phi) is 6.08. The predicted octanol–water partition coefficient (Wildman–Crippen LogP) is 4.64. The molecule has 0 bridgehead atoms. The molecule has 166 valence electrons. The highest BCUT2D eigenvalue weighted by Crippen LogP contribution is 2.40. The van der Waals surface area contributed by atoms with Crippen molar-refractivity contribution in [2.75, 3.05) is 18.4 Å². The van der Waals surface area contributed by atoms with Crippen LogP contribution in [0.4, 0.5) is 5.82 Å². The molecule has 1 aromatic carbocycles. The number of piperidine rings is 1. The number of pyridine rings is 1. The lowest BCUT2D eigenvalue weighted by Gasteiger charge is -2.31. The standard InChI is InChI=1S/C23H25ClN6OS/c24-18-10-11-20(25-13-18)26-22(31)17-5-4-12-28(14-17)15-29-23(32)30(19-6-2-1-3-7-19)21(27-29)16-8-9-16/h1-3,6-7,10-11,13,16-17H,4-5,8-9,12,14-15H2,(H,25,26,31). The molecule has 3 aromatic rings. The Hall–Kier alpha value is -2.55. The van der Waals surface area contributed by atoms with Crippen molar-refractivity contribution in [3.8, 4) is 5.69 Å². The number of nitrogens with zero attached hydrogens (tertiary/aromatic N) is 5. The molecule has 0 radical (unpaired) electrons. The number of carbonyl (C=O) groups excluding carboxylic acids is 1. The summed E-state index contributed by atoms with van der Waals surface area (Å²) in [6, 6.07) is 13.6. The van der Waals surface area contributed by atoms with E-state index in [9.17, 15) is 4.79 Å². The van der Waals surface area contributed by atoms with Crippen molar-refractivity contribution in [1.82, 2.24) is 24.2 Å². The molecule has 1 saturated carbocycles. The first-order chi connectivity index (χ1) is 15.6. The molecular weight excluding hydrogens is 444 g/mol. The topological polar surface area (TPSA) is 68.0 Å². The Bertz CT molecular complexity index is 1160. The van der Waals surface area contributed by atoms with E-state index in [-0.39, 0.29) is 11.8 Å². The molecule has 7 nitrogen and oxygen atoms in total. The maximum atomic E-state index is 12.8. The Morgan fingerprint density at radius 2 is 1.97 bits per heavy atom. The minimum absolute atomic E-state index is 0.0124. The Morgan fingerprint density at radius 1 is 1.16 bits per heavy atom. The van der Waals surface area contributed by atoms with Gasteiger partial charge in [-0.05, 0) is 68.7 Å². The second-order valence-electron chi connectivity index (χ2n) is 8.49. The highest BCUT2D eigenvalue weighted by molar-refractivity contribution is 7.71. The maximum Gasteiger partial charge on any atom is 0.229 e. The van der Waals surface area contributed by atoms with Crippen LogP contribution in [-0.2, 0) is 11.5 Å². The van der Waals surface area contributed by atoms with Gasteiger partial charge in [-0.1, -0.05) is 29.8 Å². The summed E-state index contributed by atoms with van der Waals surface area (Å²) in [5.41, 5.74) is 1.05. The fourth-order valence-electron chi connectivity index (χ4n) is 4.21. The fraction of sp³-hybridized carbons (Fsp3) is 0.391. The normalized spacial score (nSPS) is 19.1. The van der Waals surface area contributed by atoms with E-state index in [4.69, 9.17) is 28.9 Å². The van der Waals surface area contributed by atoms with Gasteiger partial charge in [0.05, 0.1) is 17.6 Å². The van der Waals surface area contributed by atoms with Gasteiger partial charge in [0.25, 0.3) is 0 Å². The number of likely N-dealkylation sites (tertiary alicyclic amines) is 1. The number of benzene rings is 1. The lowest BCUT2D eigenvalue weighted by molar-refractivity contribution is -0.121. The smallest absolute Gasteiger partial charge is 0.229 e. The number of nitrogens with one attached hydrogen (secondary N) is 1. The van der Waals surface area contributed by atoms with Crippen LogP contribution in [0, 0.1) is 10.7 Å². The van der Waals surface area contributed by atoms with E-state index in [1.54, 1.807) is 12.1 Å². The third kappa shape index (κ3) is 4.62. The van der Waals surface area contributed by atoms with Crippen LogP contribution in [0.2, 0.25) is 5.02 Å². The van der Waals surface area contributed by atoms with E-state index in [0.29, 0.717) is 34.7 Å². The van der Waals surface area contributed by atoms with Crippen molar-refractivity contribution in [2.45, 2.75) is 38.3 Å². The molecule has 2 aromatic heterocycles. The van der Waals surface area contributed by atoms with Gasteiger partial charge in [-0.3, -0.25) is 14.3 Å². The lowest BCUT2D eigenvalue weighted by Crippen LogP contribution is -2.41. The number of halogens is 1. The van der Waals surface area contributed by atoms with Gasteiger partial charge < -0.3 is 5.32 Å². The summed E-state index contributed by atoms with van der Waals surface area (Å²) in [6.07, 6.45) is 5.65. The molecule has 32 heavy (non-hydrogen) atoms. The van der Waals surface area contributed by atoms with E-state index in [1.807, 2.05) is 22.9 Å². The second-order valence-corrected chi connectivity index (χ2v) is 9.30. The van der Waals surface area contributed by atoms with E-state index < -0.39 is 0 Å². The van der Waals surface area contributed by atoms with Gasteiger partial charge in [0.1, 0.15) is 11.6 Å². The molecule has 1 aliphatic carbocycles. The summed E-state index contributed by atoms with van der Waals surface area (Å²) in [4.78, 5) is 19.2. The molecule has 1 unspecified atom stereocenters. The first-order valence-electron chi connectivity index (χ1n) is 11.0. The largest absolute Gasteiger partial charge is 0.310 e. The summed E-state index contributed by atoms with van der Waals surface area (Å²) in [7, 11) is 0. The van der Waals surface area contributed by atoms with Gasteiger partial charge >= 0.3 is 0 Å². The first kappa shape index (κ1) is 21.3. The molecular formula is C23H25ClN6OS. The number of anilines is 1. The number of amides is 1. The van der Waals surface area contributed by atoms with Gasteiger partial charge in [0.2, 0.25) is 10.7 Å². The third-order valence-corrected chi connectivity index (χ3v) is 6.63. The van der Waals surface area contributed by atoms with Crippen molar-refractivity contribution in [3.63, 3.8) is 0 Å². The lowest BCUT2D eigenvalue weighted by atomic mass is 9.97. The number of para-hydroxylation sites is 1. The van der Waals surface area contributed by atoms with Crippen LogP contribution in [0.1, 0.15) is 37.4 Å². The Morgan fingerprint density at radius 3 is 2.69 bits per heavy atom. The minimum Gasteiger partial charge on any atom is -0.310 e. The van der Waals surface area contributed by atoms with Crippen molar-refractivity contribution < 1.29 is 4.79 Å². The SMILES string of the molecule is O=C(Nc1ccc(Cl)cn1)C1CCCN(Cn2nc(C3CC3)n(-c3ccccc3)c2=S)C1. The minimum atomic E-state index is -0.102. The highest BCUT2D eigenvalue weighted by atomic mass is 35.5. The average molecular weight is 469 g/mol. The molecule has 1 N–H and O–H groups in total.